The van der Waals surface area contributed by atoms with E-state index in [-0.39, 0.29) is 12.1 Å². The van der Waals surface area contributed by atoms with E-state index in [0.717, 1.165) is 40.7 Å². The fraction of sp³-hybridized carbons (Fsp3) is 0.519. The van der Waals surface area contributed by atoms with E-state index in [9.17, 15) is 0 Å². The molecule has 6 rings (SSSR count). The van der Waals surface area contributed by atoms with Crippen LogP contribution in [0, 0.1) is 11.8 Å². The number of fused-ring (bicyclic) bond motifs is 1. The molecule has 0 spiro atoms. The number of nitrogens with zero attached hydrogens (tertiary/aromatic N) is 7. The molecule has 0 bridgehead atoms. The zero-order chi connectivity index (χ0) is 26.2. The number of anilines is 1. The first-order valence-electron chi connectivity index (χ1n) is 13.1. The number of imidazole rings is 1. The van der Waals surface area contributed by atoms with Crippen LogP contribution in [0.3, 0.4) is 0 Å². The molecule has 10 nitrogen and oxygen atoms in total. The summed E-state index contributed by atoms with van der Waals surface area (Å²) in [5.41, 5.74) is 3.85. The first kappa shape index (κ1) is 25.2. The standard InChI is InChI=1S/C27H32ClN7O3/c1-16-4-6-17(7-5-16)12-35-25-20(32-27(35)34(2)22-13-37-14-23(22)36-3)9-21(26-30-15-38-33-26)31-24(25)18-8-19(28)11-29-10-18/h8-11,15-17,22-23H,4-7,12-14H2,1-3H3/t16?,17?,22-,23-/m0/s1. The summed E-state index contributed by atoms with van der Waals surface area (Å²) in [6.45, 7) is 4.34. The number of aromatic nitrogens is 6. The molecule has 0 unspecified atom stereocenters. The van der Waals surface area contributed by atoms with E-state index in [0.29, 0.717) is 35.7 Å². The van der Waals surface area contributed by atoms with E-state index in [1.54, 1.807) is 19.5 Å². The van der Waals surface area contributed by atoms with Crippen molar-refractivity contribution in [3.05, 3.63) is 35.9 Å². The Hall–Kier alpha value is -3.08. The van der Waals surface area contributed by atoms with Crippen LogP contribution in [0.1, 0.15) is 32.6 Å². The summed E-state index contributed by atoms with van der Waals surface area (Å²) in [4.78, 5) is 21.0. The number of halogens is 1. The lowest BCUT2D eigenvalue weighted by molar-refractivity contribution is 0.0770. The first-order valence-corrected chi connectivity index (χ1v) is 13.5. The maximum atomic E-state index is 6.38. The van der Waals surface area contributed by atoms with Crippen molar-refractivity contribution in [1.29, 1.82) is 0 Å². The van der Waals surface area contributed by atoms with Gasteiger partial charge in [0.15, 0.2) is 0 Å². The van der Waals surface area contributed by atoms with Crippen molar-refractivity contribution in [3.8, 4) is 22.8 Å². The molecule has 2 fully saturated rings. The smallest absolute Gasteiger partial charge is 0.220 e. The van der Waals surface area contributed by atoms with Crippen LogP contribution in [-0.4, -0.2) is 69.2 Å². The molecule has 1 aliphatic heterocycles. The molecule has 0 aromatic carbocycles. The topological polar surface area (TPSA) is 104 Å². The van der Waals surface area contributed by atoms with Crippen LogP contribution in [-0.2, 0) is 16.0 Å². The summed E-state index contributed by atoms with van der Waals surface area (Å²) in [6, 6.07) is 3.85. The Bertz CT molecular complexity index is 1400. The molecule has 0 radical (unpaired) electrons. The zero-order valence-electron chi connectivity index (χ0n) is 21.9. The molecule has 4 aromatic rings. The minimum absolute atomic E-state index is 0.0339. The molecule has 5 heterocycles. The molecule has 11 heteroatoms. The molecule has 1 saturated carbocycles. The summed E-state index contributed by atoms with van der Waals surface area (Å²) in [6.07, 6.45) is 9.55. The van der Waals surface area contributed by atoms with Gasteiger partial charge in [0.2, 0.25) is 18.2 Å². The average Bonchev–Trinajstić information content (AvgIpc) is 3.69. The Labute approximate surface area is 226 Å². The highest BCUT2D eigenvalue weighted by molar-refractivity contribution is 6.30. The molecule has 38 heavy (non-hydrogen) atoms. The third-order valence-corrected chi connectivity index (χ3v) is 8.17. The Morgan fingerprint density at radius 1 is 1.13 bits per heavy atom. The van der Waals surface area contributed by atoms with Crippen molar-refractivity contribution < 1.29 is 14.0 Å². The van der Waals surface area contributed by atoms with Crippen molar-refractivity contribution in [3.63, 3.8) is 0 Å². The van der Waals surface area contributed by atoms with Gasteiger partial charge < -0.3 is 23.5 Å². The number of rotatable bonds is 7. The van der Waals surface area contributed by atoms with E-state index in [1.807, 2.05) is 12.1 Å². The second kappa shape index (κ2) is 10.6. The van der Waals surface area contributed by atoms with Crippen molar-refractivity contribution >= 4 is 28.6 Å². The van der Waals surface area contributed by atoms with Crippen molar-refractivity contribution in [2.75, 3.05) is 32.3 Å². The lowest BCUT2D eigenvalue weighted by Gasteiger charge is -2.31. The van der Waals surface area contributed by atoms with Gasteiger partial charge in [-0.25, -0.2) is 9.97 Å². The fourth-order valence-corrected chi connectivity index (χ4v) is 5.93. The van der Waals surface area contributed by atoms with E-state index in [4.69, 9.17) is 35.6 Å². The molecule has 200 valence electrons. The summed E-state index contributed by atoms with van der Waals surface area (Å²) in [7, 11) is 3.80. The van der Waals surface area contributed by atoms with E-state index in [1.165, 1.54) is 32.1 Å². The van der Waals surface area contributed by atoms with Crippen LogP contribution in [0.5, 0.6) is 0 Å². The Morgan fingerprint density at radius 3 is 2.71 bits per heavy atom. The number of ether oxygens (including phenoxy) is 2. The maximum Gasteiger partial charge on any atom is 0.220 e. The second-order valence-electron chi connectivity index (χ2n) is 10.5. The highest BCUT2D eigenvalue weighted by atomic mass is 35.5. The van der Waals surface area contributed by atoms with Gasteiger partial charge in [-0.3, -0.25) is 4.98 Å². The molecular weight excluding hydrogens is 506 g/mol. The third-order valence-electron chi connectivity index (χ3n) is 7.96. The van der Waals surface area contributed by atoms with Crippen LogP contribution in [0.25, 0.3) is 33.8 Å². The Balaban J connectivity index is 1.55. The predicted molar refractivity (Wildman–Crippen MR) is 144 cm³/mol. The molecule has 0 amide bonds. The molecule has 1 saturated heterocycles. The fourth-order valence-electron chi connectivity index (χ4n) is 5.75. The van der Waals surface area contributed by atoms with Crippen LogP contribution < -0.4 is 4.90 Å². The van der Waals surface area contributed by atoms with Crippen LogP contribution in [0.4, 0.5) is 5.95 Å². The largest absolute Gasteiger partial charge is 0.377 e. The molecule has 1 aliphatic carbocycles. The number of likely N-dealkylation sites (N-methyl/N-ethyl adjacent to an activating group) is 1. The average molecular weight is 538 g/mol. The molecule has 2 atom stereocenters. The summed E-state index contributed by atoms with van der Waals surface area (Å²) >= 11 is 6.38. The van der Waals surface area contributed by atoms with E-state index in [2.05, 4.69) is 38.6 Å². The Kier molecular flexibility index (Phi) is 7.03. The van der Waals surface area contributed by atoms with Gasteiger partial charge in [0.05, 0.1) is 41.0 Å². The van der Waals surface area contributed by atoms with Gasteiger partial charge in [0, 0.05) is 38.7 Å². The number of methoxy groups -OCH3 is 1. The zero-order valence-corrected chi connectivity index (χ0v) is 22.6. The van der Waals surface area contributed by atoms with Gasteiger partial charge in [0.25, 0.3) is 0 Å². The van der Waals surface area contributed by atoms with Crippen molar-refractivity contribution in [2.24, 2.45) is 11.8 Å². The van der Waals surface area contributed by atoms with Gasteiger partial charge >= 0.3 is 0 Å². The highest BCUT2D eigenvalue weighted by Crippen LogP contribution is 2.37. The molecule has 0 N–H and O–H groups in total. The summed E-state index contributed by atoms with van der Waals surface area (Å²) < 4.78 is 18.9. The lowest BCUT2D eigenvalue weighted by Crippen LogP contribution is -2.43. The maximum absolute atomic E-state index is 6.38. The monoisotopic (exact) mass is 537 g/mol. The minimum atomic E-state index is -0.0339. The van der Waals surface area contributed by atoms with Crippen molar-refractivity contribution in [1.82, 2.24) is 29.7 Å². The van der Waals surface area contributed by atoms with Crippen molar-refractivity contribution in [2.45, 2.75) is 51.3 Å². The van der Waals surface area contributed by atoms with E-state index < -0.39 is 0 Å². The van der Waals surface area contributed by atoms with Crippen LogP contribution in [0.2, 0.25) is 5.02 Å². The summed E-state index contributed by atoms with van der Waals surface area (Å²) in [5.74, 6) is 2.59. The van der Waals surface area contributed by atoms with Gasteiger partial charge in [0.1, 0.15) is 11.8 Å². The van der Waals surface area contributed by atoms with Gasteiger partial charge in [-0.05, 0) is 36.8 Å². The Morgan fingerprint density at radius 2 is 1.97 bits per heavy atom. The number of hydrogen-bond donors (Lipinski definition) is 0. The SMILES string of the molecule is CO[C@H]1COC[C@@H]1N(C)c1nc2cc(-c3ncon3)nc(-c3cncc(Cl)c3)c2n1CC1CCC(C)CC1. The highest BCUT2D eigenvalue weighted by Gasteiger charge is 2.35. The van der Waals surface area contributed by atoms with Gasteiger partial charge in [-0.15, -0.1) is 0 Å². The third kappa shape index (κ3) is 4.76. The van der Waals surface area contributed by atoms with Crippen LogP contribution >= 0.6 is 11.6 Å². The van der Waals surface area contributed by atoms with E-state index >= 15 is 0 Å². The first-order chi connectivity index (χ1) is 18.5. The quantitative estimate of drug-likeness (QED) is 0.326. The number of hydrogen-bond acceptors (Lipinski definition) is 9. The van der Waals surface area contributed by atoms with Gasteiger partial charge in [-0.2, -0.15) is 4.98 Å². The summed E-state index contributed by atoms with van der Waals surface area (Å²) in [5, 5.41) is 4.57. The lowest BCUT2D eigenvalue weighted by atomic mass is 9.83. The predicted octanol–water partition coefficient (Wildman–Crippen LogP) is 4.87. The minimum Gasteiger partial charge on any atom is -0.377 e. The molecule has 4 aromatic heterocycles. The van der Waals surface area contributed by atoms with Crippen LogP contribution in [0.15, 0.2) is 35.4 Å². The molecular formula is C27H32ClN7O3. The molecule has 2 aliphatic rings. The number of pyridine rings is 2. The second-order valence-corrected chi connectivity index (χ2v) is 10.9. The normalized spacial score (nSPS) is 23.8. The van der Waals surface area contributed by atoms with Gasteiger partial charge in [-0.1, -0.05) is 36.5 Å².